The summed E-state index contributed by atoms with van der Waals surface area (Å²) in [6.07, 6.45) is -7.14. The standard InChI is InChI=1S/C21H23F5N4O4S/c22-12-1-2-15(23)14(5-12)19-16(27)6-18(20(34-19)21(24,25)26)29-7-11-8-30(28-17(11)9-29)35(31,32)13-3-4-33-10-13/h1-2,5,8,13,16,18-20H,3-4,6-7,9-10,27H2/t13-,16-,18+,19+,20-/m0/s1. The summed E-state index contributed by atoms with van der Waals surface area (Å²) in [7, 11) is -3.78. The molecule has 1 aromatic heterocycles. The van der Waals surface area contributed by atoms with Crippen LogP contribution in [0.3, 0.4) is 0 Å². The van der Waals surface area contributed by atoms with Gasteiger partial charge in [0.05, 0.1) is 12.3 Å². The SMILES string of the molecule is N[C@H]1C[C@@H](N2Cc3cn(S(=O)(=O)[C@H]4CCOC4)nc3C2)[C@@H](C(F)(F)F)O[C@@H]1c1cc(F)ccc1F. The predicted molar refractivity (Wildman–Crippen MR) is 111 cm³/mol. The number of alkyl halides is 3. The molecule has 0 unspecified atom stereocenters. The predicted octanol–water partition coefficient (Wildman–Crippen LogP) is 2.23. The molecule has 35 heavy (non-hydrogen) atoms. The number of benzene rings is 1. The second kappa shape index (κ2) is 8.76. The number of hydrogen-bond acceptors (Lipinski definition) is 7. The van der Waals surface area contributed by atoms with E-state index in [9.17, 15) is 30.4 Å². The van der Waals surface area contributed by atoms with E-state index in [1.165, 1.54) is 11.1 Å². The first-order valence-electron chi connectivity index (χ1n) is 11.0. The summed E-state index contributed by atoms with van der Waals surface area (Å²) in [6.45, 7) is 0.375. The Kier molecular flexibility index (Phi) is 6.15. The molecule has 192 valence electrons. The molecule has 0 aliphatic carbocycles. The van der Waals surface area contributed by atoms with Gasteiger partial charge < -0.3 is 15.2 Å². The van der Waals surface area contributed by atoms with Gasteiger partial charge in [0.15, 0.2) is 6.10 Å². The summed E-state index contributed by atoms with van der Waals surface area (Å²) in [5.41, 5.74) is 6.57. The van der Waals surface area contributed by atoms with Crippen LogP contribution >= 0.6 is 0 Å². The van der Waals surface area contributed by atoms with Gasteiger partial charge in [-0.3, -0.25) is 4.90 Å². The van der Waals surface area contributed by atoms with Crippen LogP contribution in [0.2, 0.25) is 0 Å². The van der Waals surface area contributed by atoms with E-state index < -0.39 is 57.4 Å². The van der Waals surface area contributed by atoms with Gasteiger partial charge in [-0.1, -0.05) is 0 Å². The van der Waals surface area contributed by atoms with Gasteiger partial charge in [-0.05, 0) is 31.0 Å². The Balaban J connectivity index is 1.37. The molecule has 2 N–H and O–H groups in total. The van der Waals surface area contributed by atoms with E-state index in [2.05, 4.69) is 5.10 Å². The average Bonchev–Trinajstić information content (AvgIpc) is 3.51. The maximum Gasteiger partial charge on any atom is 0.416 e. The Bertz CT molecular complexity index is 1190. The summed E-state index contributed by atoms with van der Waals surface area (Å²) in [6, 6.07) is 0.209. The van der Waals surface area contributed by atoms with Crippen LogP contribution in [0.15, 0.2) is 24.4 Å². The van der Waals surface area contributed by atoms with Gasteiger partial charge in [-0.15, -0.1) is 0 Å². The van der Waals surface area contributed by atoms with Crippen molar-refractivity contribution in [3.63, 3.8) is 0 Å². The normalized spacial score (nSPS) is 30.1. The topological polar surface area (TPSA) is 99.7 Å². The Hall–Kier alpha value is -2.13. The Morgan fingerprint density at radius 2 is 1.94 bits per heavy atom. The molecule has 0 radical (unpaired) electrons. The number of hydrogen-bond donors (Lipinski definition) is 1. The fourth-order valence-electron chi connectivity index (χ4n) is 4.97. The molecule has 0 saturated carbocycles. The van der Waals surface area contributed by atoms with Crippen molar-refractivity contribution in [3.05, 3.63) is 52.9 Å². The molecule has 2 aromatic rings. The minimum Gasteiger partial charge on any atom is -0.380 e. The summed E-state index contributed by atoms with van der Waals surface area (Å²) in [5.74, 6) is -1.72. The van der Waals surface area contributed by atoms with Gasteiger partial charge in [0.2, 0.25) is 0 Å². The number of nitrogens with zero attached hydrogens (tertiary/aromatic N) is 3. The first-order chi connectivity index (χ1) is 16.4. The largest absolute Gasteiger partial charge is 0.416 e. The van der Waals surface area contributed by atoms with Gasteiger partial charge >= 0.3 is 6.18 Å². The van der Waals surface area contributed by atoms with Gasteiger partial charge in [0.25, 0.3) is 10.0 Å². The quantitative estimate of drug-likeness (QED) is 0.615. The second-order valence-electron chi connectivity index (χ2n) is 9.06. The van der Waals surface area contributed by atoms with Crippen LogP contribution in [0.1, 0.15) is 35.8 Å². The summed E-state index contributed by atoms with van der Waals surface area (Å²) in [4.78, 5) is 1.48. The van der Waals surface area contributed by atoms with Crippen molar-refractivity contribution in [3.8, 4) is 0 Å². The molecule has 4 heterocycles. The number of nitrogens with two attached hydrogens (primary N) is 1. The van der Waals surface area contributed by atoms with E-state index >= 15 is 0 Å². The average molecular weight is 522 g/mol. The lowest BCUT2D eigenvalue weighted by Gasteiger charge is -2.44. The van der Waals surface area contributed by atoms with E-state index in [1.54, 1.807) is 0 Å². The highest BCUT2D eigenvalue weighted by Gasteiger charge is 2.54. The van der Waals surface area contributed by atoms with Crippen LogP contribution in [0.25, 0.3) is 0 Å². The first kappa shape index (κ1) is 24.6. The summed E-state index contributed by atoms with van der Waals surface area (Å²) < 4.78 is 107. The van der Waals surface area contributed by atoms with Crippen molar-refractivity contribution >= 4 is 10.0 Å². The third-order valence-electron chi connectivity index (χ3n) is 6.75. The molecular weight excluding hydrogens is 499 g/mol. The summed E-state index contributed by atoms with van der Waals surface area (Å²) >= 11 is 0. The highest BCUT2D eigenvalue weighted by molar-refractivity contribution is 7.90. The van der Waals surface area contributed by atoms with E-state index in [0.717, 1.165) is 22.3 Å². The number of rotatable bonds is 4. The lowest BCUT2D eigenvalue weighted by atomic mass is 9.89. The Morgan fingerprint density at radius 3 is 2.60 bits per heavy atom. The zero-order valence-electron chi connectivity index (χ0n) is 18.3. The molecule has 3 aliphatic rings. The second-order valence-corrected chi connectivity index (χ2v) is 11.1. The van der Waals surface area contributed by atoms with E-state index in [-0.39, 0.29) is 31.7 Å². The van der Waals surface area contributed by atoms with Crippen molar-refractivity contribution in [2.45, 2.75) is 61.6 Å². The van der Waals surface area contributed by atoms with E-state index in [1.807, 2.05) is 0 Å². The fourth-order valence-corrected chi connectivity index (χ4v) is 6.42. The number of ether oxygens (including phenoxy) is 2. The van der Waals surface area contributed by atoms with E-state index in [0.29, 0.717) is 24.3 Å². The first-order valence-corrected chi connectivity index (χ1v) is 12.5. The van der Waals surface area contributed by atoms with Crippen LogP contribution in [0.5, 0.6) is 0 Å². The lowest BCUT2D eigenvalue weighted by Crippen LogP contribution is -2.58. The van der Waals surface area contributed by atoms with Crippen LogP contribution in [0, 0.1) is 11.6 Å². The zero-order valence-corrected chi connectivity index (χ0v) is 19.1. The minimum absolute atomic E-state index is 0.0122. The van der Waals surface area contributed by atoms with Crippen molar-refractivity contribution in [2.75, 3.05) is 13.2 Å². The molecule has 0 spiro atoms. The van der Waals surface area contributed by atoms with Gasteiger partial charge in [-0.2, -0.15) is 22.4 Å². The van der Waals surface area contributed by atoms with E-state index in [4.69, 9.17) is 15.2 Å². The van der Waals surface area contributed by atoms with Gasteiger partial charge in [-0.25, -0.2) is 17.2 Å². The molecule has 2 fully saturated rings. The molecular formula is C21H23F5N4O4S. The third-order valence-corrected chi connectivity index (χ3v) is 8.68. The highest BCUT2D eigenvalue weighted by Crippen LogP contribution is 2.42. The molecule has 1 aromatic carbocycles. The molecule has 5 rings (SSSR count). The smallest absolute Gasteiger partial charge is 0.380 e. The van der Waals surface area contributed by atoms with Gasteiger partial charge in [0.1, 0.15) is 23.0 Å². The van der Waals surface area contributed by atoms with Crippen molar-refractivity contribution in [1.29, 1.82) is 0 Å². The highest BCUT2D eigenvalue weighted by atomic mass is 32.2. The Labute approximate surface area is 197 Å². The molecule has 14 heteroatoms. The van der Waals surface area contributed by atoms with Crippen molar-refractivity contribution in [2.24, 2.45) is 5.73 Å². The van der Waals surface area contributed by atoms with Crippen LogP contribution in [-0.2, 0) is 32.6 Å². The van der Waals surface area contributed by atoms with Crippen LogP contribution in [-0.4, -0.2) is 65.3 Å². The lowest BCUT2D eigenvalue weighted by molar-refractivity contribution is -0.269. The number of fused-ring (bicyclic) bond motifs is 1. The molecule has 5 atom stereocenters. The van der Waals surface area contributed by atoms with Gasteiger partial charge in [0, 0.05) is 49.1 Å². The monoisotopic (exact) mass is 522 g/mol. The molecule has 0 amide bonds. The van der Waals surface area contributed by atoms with Crippen LogP contribution < -0.4 is 5.73 Å². The molecule has 3 aliphatic heterocycles. The maximum atomic E-state index is 14.3. The van der Waals surface area contributed by atoms with Crippen molar-refractivity contribution in [1.82, 2.24) is 14.1 Å². The Morgan fingerprint density at radius 1 is 1.17 bits per heavy atom. The molecule has 0 bridgehead atoms. The molecule has 2 saturated heterocycles. The number of aromatic nitrogens is 2. The zero-order chi connectivity index (χ0) is 25.1. The van der Waals surface area contributed by atoms with Crippen LogP contribution in [0.4, 0.5) is 22.0 Å². The number of halogens is 5. The third kappa shape index (κ3) is 4.46. The molecule has 8 nitrogen and oxygen atoms in total. The minimum atomic E-state index is -4.81. The summed E-state index contributed by atoms with van der Waals surface area (Å²) in [5, 5.41) is 3.41. The van der Waals surface area contributed by atoms with Crippen molar-refractivity contribution < 1.29 is 39.8 Å². The fraction of sp³-hybridized carbons (Fsp3) is 0.571. The maximum absolute atomic E-state index is 14.3.